The molecule has 0 fully saturated rings. The molecule has 0 heterocycles. The van der Waals surface area contributed by atoms with Crippen molar-refractivity contribution in [3.8, 4) is 5.75 Å². The summed E-state index contributed by atoms with van der Waals surface area (Å²) in [5, 5.41) is 3.56. The quantitative estimate of drug-likeness (QED) is 0.443. The van der Waals surface area contributed by atoms with Crippen molar-refractivity contribution in [2.24, 2.45) is 0 Å². The molecule has 0 saturated heterocycles. The zero-order valence-electron chi connectivity index (χ0n) is 19.8. The van der Waals surface area contributed by atoms with Crippen LogP contribution in [0.1, 0.15) is 30.5 Å². The largest absolute Gasteiger partial charge is 0.497 e. The molecular formula is C28H31ClN2O3. The summed E-state index contributed by atoms with van der Waals surface area (Å²) in [5.41, 5.74) is 2.62. The first-order valence-corrected chi connectivity index (χ1v) is 11.7. The van der Waals surface area contributed by atoms with Gasteiger partial charge in [0.2, 0.25) is 11.8 Å². The van der Waals surface area contributed by atoms with E-state index >= 15 is 0 Å². The third-order valence-electron chi connectivity index (χ3n) is 5.51. The topological polar surface area (TPSA) is 58.6 Å². The molecule has 0 aromatic heterocycles. The number of carbonyl (C=O) groups is 2. The maximum absolute atomic E-state index is 13.7. The van der Waals surface area contributed by atoms with Gasteiger partial charge in [-0.1, -0.05) is 72.3 Å². The van der Waals surface area contributed by atoms with Gasteiger partial charge in [-0.05, 0) is 48.7 Å². The second-order valence-corrected chi connectivity index (χ2v) is 8.91. The SMILES string of the molecule is COc1ccc(CC(=O)N(Cc2ccccc2Cl)[C@H](Cc2ccccc2)C(=O)NC(C)C)cc1. The highest BCUT2D eigenvalue weighted by Gasteiger charge is 2.31. The van der Waals surface area contributed by atoms with E-state index < -0.39 is 6.04 Å². The standard InChI is InChI=1S/C28H31ClN2O3/c1-20(2)30-28(33)26(17-21-9-5-4-6-10-21)31(19-23-11-7-8-12-25(23)29)27(32)18-22-13-15-24(34-3)16-14-22/h4-16,20,26H,17-19H2,1-3H3,(H,30,33)/t26-/m1/s1. The van der Waals surface area contributed by atoms with Crippen molar-refractivity contribution in [2.45, 2.75) is 45.3 Å². The smallest absolute Gasteiger partial charge is 0.243 e. The number of rotatable bonds is 10. The Balaban J connectivity index is 1.96. The highest BCUT2D eigenvalue weighted by atomic mass is 35.5. The van der Waals surface area contributed by atoms with Crippen molar-refractivity contribution in [1.82, 2.24) is 10.2 Å². The summed E-state index contributed by atoms with van der Waals surface area (Å²) in [6, 6.07) is 23.8. The predicted molar refractivity (Wildman–Crippen MR) is 136 cm³/mol. The summed E-state index contributed by atoms with van der Waals surface area (Å²) >= 11 is 6.44. The van der Waals surface area contributed by atoms with E-state index in [9.17, 15) is 9.59 Å². The number of hydrogen-bond acceptors (Lipinski definition) is 3. The number of nitrogens with one attached hydrogen (secondary N) is 1. The highest BCUT2D eigenvalue weighted by molar-refractivity contribution is 6.31. The van der Waals surface area contributed by atoms with E-state index in [2.05, 4.69) is 5.32 Å². The van der Waals surface area contributed by atoms with Crippen LogP contribution in [0.3, 0.4) is 0 Å². The van der Waals surface area contributed by atoms with Crippen molar-refractivity contribution in [2.75, 3.05) is 7.11 Å². The molecule has 0 bridgehead atoms. The van der Waals surface area contributed by atoms with Crippen LogP contribution in [0.2, 0.25) is 5.02 Å². The Morgan fingerprint density at radius 3 is 2.18 bits per heavy atom. The molecule has 1 atom stereocenters. The van der Waals surface area contributed by atoms with Gasteiger partial charge >= 0.3 is 0 Å². The van der Waals surface area contributed by atoms with Gasteiger partial charge in [-0.15, -0.1) is 0 Å². The molecule has 0 spiro atoms. The molecule has 178 valence electrons. The van der Waals surface area contributed by atoms with Crippen LogP contribution in [-0.2, 0) is 29.0 Å². The molecule has 0 unspecified atom stereocenters. The summed E-state index contributed by atoms with van der Waals surface area (Å²) in [6.07, 6.45) is 0.562. The summed E-state index contributed by atoms with van der Waals surface area (Å²) in [4.78, 5) is 28.7. The van der Waals surface area contributed by atoms with Crippen molar-refractivity contribution < 1.29 is 14.3 Å². The van der Waals surface area contributed by atoms with Crippen molar-refractivity contribution in [3.63, 3.8) is 0 Å². The van der Waals surface area contributed by atoms with Crippen LogP contribution in [-0.4, -0.2) is 35.9 Å². The minimum Gasteiger partial charge on any atom is -0.497 e. The molecule has 0 radical (unpaired) electrons. The van der Waals surface area contributed by atoms with Crippen LogP contribution < -0.4 is 10.1 Å². The predicted octanol–water partition coefficient (Wildman–Crippen LogP) is 5.06. The summed E-state index contributed by atoms with van der Waals surface area (Å²) in [6.45, 7) is 4.06. The van der Waals surface area contributed by atoms with Crippen LogP contribution in [0.25, 0.3) is 0 Å². The molecule has 0 aliphatic heterocycles. The van der Waals surface area contributed by atoms with Crippen LogP contribution >= 0.6 is 11.6 Å². The summed E-state index contributed by atoms with van der Waals surface area (Å²) in [7, 11) is 1.60. The Morgan fingerprint density at radius 1 is 0.912 bits per heavy atom. The molecule has 3 aromatic rings. The highest BCUT2D eigenvalue weighted by Crippen LogP contribution is 2.22. The number of methoxy groups -OCH3 is 1. The van der Waals surface area contributed by atoms with Gasteiger partial charge in [0, 0.05) is 24.0 Å². The average Bonchev–Trinajstić information content (AvgIpc) is 2.83. The van der Waals surface area contributed by atoms with E-state index in [1.54, 1.807) is 18.1 Å². The third-order valence-corrected chi connectivity index (χ3v) is 5.88. The van der Waals surface area contributed by atoms with E-state index in [1.165, 1.54) is 0 Å². The maximum atomic E-state index is 13.7. The van der Waals surface area contributed by atoms with Crippen LogP contribution in [0.15, 0.2) is 78.9 Å². The number of benzene rings is 3. The van der Waals surface area contributed by atoms with E-state index in [4.69, 9.17) is 16.3 Å². The van der Waals surface area contributed by atoms with Crippen LogP contribution in [0.5, 0.6) is 5.75 Å². The number of amides is 2. The second-order valence-electron chi connectivity index (χ2n) is 8.51. The Morgan fingerprint density at radius 2 is 1.56 bits per heavy atom. The number of nitrogens with zero attached hydrogens (tertiary/aromatic N) is 1. The lowest BCUT2D eigenvalue weighted by Crippen LogP contribution is -2.52. The summed E-state index contributed by atoms with van der Waals surface area (Å²) < 4.78 is 5.22. The fraction of sp³-hybridized carbons (Fsp3) is 0.286. The van der Waals surface area contributed by atoms with Gasteiger partial charge in [-0.25, -0.2) is 0 Å². The molecule has 0 aliphatic carbocycles. The van der Waals surface area contributed by atoms with Gasteiger partial charge in [0.15, 0.2) is 0 Å². The molecule has 1 N–H and O–H groups in total. The Labute approximate surface area is 206 Å². The molecule has 0 aliphatic rings. The number of carbonyl (C=O) groups excluding carboxylic acids is 2. The minimum absolute atomic E-state index is 0.0513. The van der Waals surface area contributed by atoms with Gasteiger partial charge in [0.05, 0.1) is 13.5 Å². The van der Waals surface area contributed by atoms with Crippen molar-refractivity contribution in [3.05, 3.63) is 101 Å². The van der Waals surface area contributed by atoms with E-state index in [0.717, 1.165) is 22.4 Å². The maximum Gasteiger partial charge on any atom is 0.243 e. The van der Waals surface area contributed by atoms with Gasteiger partial charge in [-0.3, -0.25) is 9.59 Å². The normalized spacial score (nSPS) is 11.7. The first-order valence-electron chi connectivity index (χ1n) is 11.4. The molecule has 5 nitrogen and oxygen atoms in total. The zero-order valence-corrected chi connectivity index (χ0v) is 20.6. The van der Waals surface area contributed by atoms with Crippen molar-refractivity contribution in [1.29, 1.82) is 0 Å². The monoisotopic (exact) mass is 478 g/mol. The van der Waals surface area contributed by atoms with Crippen LogP contribution in [0.4, 0.5) is 0 Å². The van der Waals surface area contributed by atoms with E-state index in [1.807, 2.05) is 86.6 Å². The average molecular weight is 479 g/mol. The van der Waals surface area contributed by atoms with Gasteiger partial charge in [0.1, 0.15) is 11.8 Å². The number of ether oxygens (including phenoxy) is 1. The molecule has 3 rings (SSSR count). The lowest BCUT2D eigenvalue weighted by atomic mass is 10.0. The molecular weight excluding hydrogens is 448 g/mol. The second kappa shape index (κ2) is 12.2. The first-order chi connectivity index (χ1) is 16.4. The Hall–Kier alpha value is -3.31. The lowest BCUT2D eigenvalue weighted by molar-refractivity contribution is -0.141. The van der Waals surface area contributed by atoms with E-state index in [0.29, 0.717) is 11.4 Å². The third kappa shape index (κ3) is 7.09. The van der Waals surface area contributed by atoms with Crippen LogP contribution in [0, 0.1) is 0 Å². The van der Waals surface area contributed by atoms with Gasteiger partial charge in [0.25, 0.3) is 0 Å². The van der Waals surface area contributed by atoms with E-state index in [-0.39, 0.29) is 30.8 Å². The van der Waals surface area contributed by atoms with Gasteiger partial charge < -0.3 is 15.0 Å². The first kappa shape index (κ1) is 25.3. The molecule has 0 saturated carbocycles. The molecule has 3 aromatic carbocycles. The summed E-state index contributed by atoms with van der Waals surface area (Å²) in [5.74, 6) is 0.390. The number of hydrogen-bond donors (Lipinski definition) is 1. The Bertz CT molecular complexity index is 1080. The molecule has 34 heavy (non-hydrogen) atoms. The molecule has 2 amide bonds. The van der Waals surface area contributed by atoms with Gasteiger partial charge in [-0.2, -0.15) is 0 Å². The fourth-order valence-corrected chi connectivity index (χ4v) is 3.96. The lowest BCUT2D eigenvalue weighted by Gasteiger charge is -2.32. The zero-order chi connectivity index (χ0) is 24.5. The fourth-order valence-electron chi connectivity index (χ4n) is 3.76. The van der Waals surface area contributed by atoms with Crippen molar-refractivity contribution >= 4 is 23.4 Å². The minimum atomic E-state index is -0.688. The Kier molecular flexibility index (Phi) is 9.11. The number of halogens is 1. The molecule has 6 heteroatoms.